The zero-order chi connectivity index (χ0) is 13.5. The van der Waals surface area contributed by atoms with Crippen molar-refractivity contribution in [1.29, 1.82) is 0 Å². The molecule has 0 radical (unpaired) electrons. The predicted molar refractivity (Wildman–Crippen MR) is 72.4 cm³/mol. The van der Waals surface area contributed by atoms with E-state index in [0.717, 1.165) is 17.7 Å². The number of nitrogens with one attached hydrogen (secondary N) is 1. The van der Waals surface area contributed by atoms with Crippen LogP contribution in [0.15, 0.2) is 24.3 Å². The number of hydrogen-bond acceptors (Lipinski definition) is 2. The molecule has 0 fully saturated rings. The van der Waals surface area contributed by atoms with Crippen LogP contribution in [0.1, 0.15) is 25.8 Å². The Bertz CT molecular complexity index is 430. The standard InChI is InChI=1S/C14H20N2O2/c1-4-11-8-6-7-9-12(11)15-13(17)10-16(3)14(18)5-2/h6-9H,4-5,10H2,1-3H3,(H,15,17). The van der Waals surface area contributed by atoms with E-state index in [-0.39, 0.29) is 18.4 Å². The van der Waals surface area contributed by atoms with Gasteiger partial charge in [-0.3, -0.25) is 9.59 Å². The van der Waals surface area contributed by atoms with Crippen molar-refractivity contribution >= 4 is 17.5 Å². The van der Waals surface area contributed by atoms with E-state index in [2.05, 4.69) is 5.32 Å². The third-order valence-electron chi connectivity index (χ3n) is 2.78. The molecule has 0 saturated heterocycles. The van der Waals surface area contributed by atoms with Crippen molar-refractivity contribution in [2.24, 2.45) is 0 Å². The van der Waals surface area contributed by atoms with Crippen molar-refractivity contribution < 1.29 is 9.59 Å². The summed E-state index contributed by atoms with van der Waals surface area (Å²) < 4.78 is 0. The lowest BCUT2D eigenvalue weighted by molar-refractivity contribution is -0.133. The molecule has 1 aromatic rings. The van der Waals surface area contributed by atoms with E-state index in [1.807, 2.05) is 31.2 Å². The van der Waals surface area contributed by atoms with E-state index in [1.54, 1.807) is 14.0 Å². The Kier molecular flexibility index (Phi) is 5.36. The molecule has 0 unspecified atom stereocenters. The van der Waals surface area contributed by atoms with Crippen molar-refractivity contribution in [1.82, 2.24) is 4.90 Å². The van der Waals surface area contributed by atoms with Gasteiger partial charge >= 0.3 is 0 Å². The second-order valence-corrected chi connectivity index (χ2v) is 4.16. The van der Waals surface area contributed by atoms with Gasteiger partial charge in [0.25, 0.3) is 0 Å². The number of amides is 2. The zero-order valence-electron chi connectivity index (χ0n) is 11.2. The summed E-state index contributed by atoms with van der Waals surface area (Å²) in [6.45, 7) is 3.91. The fraction of sp³-hybridized carbons (Fsp3) is 0.429. The van der Waals surface area contributed by atoms with Crippen LogP contribution in [-0.4, -0.2) is 30.3 Å². The monoisotopic (exact) mass is 248 g/mol. The Labute approximate surface area is 108 Å². The number of likely N-dealkylation sites (N-methyl/N-ethyl adjacent to an activating group) is 1. The number of nitrogens with zero attached hydrogens (tertiary/aromatic N) is 1. The van der Waals surface area contributed by atoms with Crippen molar-refractivity contribution in [3.05, 3.63) is 29.8 Å². The molecule has 0 spiro atoms. The Morgan fingerprint density at radius 2 is 1.89 bits per heavy atom. The molecule has 0 heterocycles. The number of carbonyl (C=O) groups is 2. The van der Waals surface area contributed by atoms with E-state index in [9.17, 15) is 9.59 Å². The molecular weight excluding hydrogens is 228 g/mol. The fourth-order valence-electron chi connectivity index (χ4n) is 1.71. The van der Waals surface area contributed by atoms with E-state index in [4.69, 9.17) is 0 Å². The lowest BCUT2D eigenvalue weighted by atomic mass is 10.1. The number of aryl methyl sites for hydroxylation is 1. The fourth-order valence-corrected chi connectivity index (χ4v) is 1.71. The largest absolute Gasteiger partial charge is 0.336 e. The van der Waals surface area contributed by atoms with E-state index in [1.165, 1.54) is 4.90 Å². The van der Waals surface area contributed by atoms with Gasteiger partial charge in [0, 0.05) is 19.2 Å². The van der Waals surface area contributed by atoms with Crippen LogP contribution in [0, 0.1) is 0 Å². The highest BCUT2D eigenvalue weighted by Crippen LogP contribution is 2.15. The van der Waals surface area contributed by atoms with Crippen molar-refractivity contribution in [3.8, 4) is 0 Å². The van der Waals surface area contributed by atoms with Crippen molar-refractivity contribution in [3.63, 3.8) is 0 Å². The van der Waals surface area contributed by atoms with Gasteiger partial charge in [-0.05, 0) is 18.1 Å². The Balaban J connectivity index is 2.62. The number of anilines is 1. The molecule has 0 aliphatic rings. The van der Waals surface area contributed by atoms with Gasteiger partial charge in [0.15, 0.2) is 0 Å². The van der Waals surface area contributed by atoms with Crippen molar-refractivity contribution in [2.75, 3.05) is 18.9 Å². The maximum absolute atomic E-state index is 11.8. The minimum atomic E-state index is -0.166. The first-order chi connectivity index (χ1) is 8.58. The van der Waals surface area contributed by atoms with Crippen LogP contribution in [0.25, 0.3) is 0 Å². The summed E-state index contributed by atoms with van der Waals surface area (Å²) >= 11 is 0. The van der Waals surface area contributed by atoms with Gasteiger partial charge in [0.05, 0.1) is 6.54 Å². The summed E-state index contributed by atoms with van der Waals surface area (Å²) in [5.41, 5.74) is 1.91. The van der Waals surface area contributed by atoms with Gasteiger partial charge < -0.3 is 10.2 Å². The number of benzene rings is 1. The highest BCUT2D eigenvalue weighted by atomic mass is 16.2. The smallest absolute Gasteiger partial charge is 0.243 e. The van der Waals surface area contributed by atoms with Gasteiger partial charge in [-0.1, -0.05) is 32.0 Å². The third kappa shape index (κ3) is 3.87. The zero-order valence-corrected chi connectivity index (χ0v) is 11.2. The second-order valence-electron chi connectivity index (χ2n) is 4.16. The predicted octanol–water partition coefficient (Wildman–Crippen LogP) is 2.06. The molecule has 98 valence electrons. The molecule has 0 bridgehead atoms. The van der Waals surface area contributed by atoms with Crippen molar-refractivity contribution in [2.45, 2.75) is 26.7 Å². The molecular formula is C14H20N2O2. The molecule has 2 amide bonds. The van der Waals surface area contributed by atoms with Crippen LogP contribution in [0.4, 0.5) is 5.69 Å². The van der Waals surface area contributed by atoms with Crippen LogP contribution in [0.2, 0.25) is 0 Å². The lowest BCUT2D eigenvalue weighted by Crippen LogP contribution is -2.34. The molecule has 0 aliphatic carbocycles. The summed E-state index contributed by atoms with van der Waals surface area (Å²) in [6, 6.07) is 7.69. The molecule has 1 aromatic carbocycles. The molecule has 0 aromatic heterocycles. The van der Waals surface area contributed by atoms with E-state index in [0.29, 0.717) is 6.42 Å². The first-order valence-electron chi connectivity index (χ1n) is 6.20. The average molecular weight is 248 g/mol. The SMILES string of the molecule is CCC(=O)N(C)CC(=O)Nc1ccccc1CC. The summed E-state index contributed by atoms with van der Waals surface area (Å²) in [6.07, 6.45) is 1.27. The minimum Gasteiger partial charge on any atom is -0.336 e. The summed E-state index contributed by atoms with van der Waals surface area (Å²) in [5, 5.41) is 2.84. The lowest BCUT2D eigenvalue weighted by Gasteiger charge is -2.16. The Morgan fingerprint density at radius 1 is 1.22 bits per heavy atom. The maximum Gasteiger partial charge on any atom is 0.243 e. The van der Waals surface area contributed by atoms with Crippen LogP contribution in [0.5, 0.6) is 0 Å². The Hall–Kier alpha value is -1.84. The van der Waals surface area contributed by atoms with Crippen LogP contribution >= 0.6 is 0 Å². The summed E-state index contributed by atoms with van der Waals surface area (Å²) in [7, 11) is 1.64. The number of hydrogen-bond donors (Lipinski definition) is 1. The molecule has 4 heteroatoms. The molecule has 0 atom stereocenters. The molecule has 0 saturated carbocycles. The van der Waals surface area contributed by atoms with Crippen LogP contribution in [0.3, 0.4) is 0 Å². The highest BCUT2D eigenvalue weighted by molar-refractivity contribution is 5.95. The van der Waals surface area contributed by atoms with Gasteiger partial charge in [-0.25, -0.2) is 0 Å². The molecule has 1 rings (SSSR count). The van der Waals surface area contributed by atoms with Gasteiger partial charge in [-0.2, -0.15) is 0 Å². The summed E-state index contributed by atoms with van der Waals surface area (Å²) in [5.74, 6) is -0.200. The van der Waals surface area contributed by atoms with Gasteiger partial charge in [0.1, 0.15) is 0 Å². The number of para-hydroxylation sites is 1. The highest BCUT2D eigenvalue weighted by Gasteiger charge is 2.11. The average Bonchev–Trinajstić information content (AvgIpc) is 2.38. The normalized spacial score (nSPS) is 9.94. The number of carbonyl (C=O) groups excluding carboxylic acids is 2. The van der Waals surface area contributed by atoms with E-state index >= 15 is 0 Å². The van der Waals surface area contributed by atoms with E-state index < -0.39 is 0 Å². The molecule has 4 nitrogen and oxygen atoms in total. The van der Waals surface area contributed by atoms with Crippen LogP contribution in [-0.2, 0) is 16.0 Å². The number of rotatable bonds is 5. The second kappa shape index (κ2) is 6.79. The van der Waals surface area contributed by atoms with Gasteiger partial charge in [0.2, 0.25) is 11.8 Å². The Morgan fingerprint density at radius 3 is 2.50 bits per heavy atom. The molecule has 1 N–H and O–H groups in total. The molecule has 0 aliphatic heterocycles. The first-order valence-corrected chi connectivity index (χ1v) is 6.20. The topological polar surface area (TPSA) is 49.4 Å². The van der Waals surface area contributed by atoms with Crippen LogP contribution < -0.4 is 5.32 Å². The summed E-state index contributed by atoms with van der Waals surface area (Å²) in [4.78, 5) is 24.6. The molecule has 18 heavy (non-hydrogen) atoms. The third-order valence-corrected chi connectivity index (χ3v) is 2.78. The quantitative estimate of drug-likeness (QED) is 0.867. The van der Waals surface area contributed by atoms with Gasteiger partial charge in [-0.15, -0.1) is 0 Å². The maximum atomic E-state index is 11.8. The minimum absolute atomic E-state index is 0.0334. The first kappa shape index (κ1) is 14.2.